The molecule has 2 aromatic carbocycles. The number of nitrogens with one attached hydrogen (secondary N) is 1. The molecule has 1 atom stereocenters. The molecular formula is C29H29F3N6OS. The number of aromatic nitrogens is 5. The van der Waals surface area contributed by atoms with Crippen molar-refractivity contribution in [3.8, 4) is 11.4 Å². The molecule has 0 spiro atoms. The largest absolute Gasteiger partial charge is 0.440 e. The van der Waals surface area contributed by atoms with Gasteiger partial charge in [0.05, 0.1) is 5.52 Å². The number of pyridine rings is 1. The smallest absolute Gasteiger partial charge is 0.397 e. The molecule has 40 heavy (non-hydrogen) atoms. The van der Waals surface area contributed by atoms with Crippen LogP contribution in [0.5, 0.6) is 0 Å². The van der Waals surface area contributed by atoms with E-state index in [0.717, 1.165) is 82.4 Å². The van der Waals surface area contributed by atoms with E-state index in [1.807, 2.05) is 42.8 Å². The fraction of sp³-hybridized carbons (Fsp3) is 0.379. The lowest BCUT2D eigenvalue weighted by atomic mass is 9.97. The average molecular weight is 567 g/mol. The van der Waals surface area contributed by atoms with E-state index >= 15 is 0 Å². The number of rotatable bonds is 7. The number of hydrogen-bond acceptors (Lipinski definition) is 7. The van der Waals surface area contributed by atoms with Gasteiger partial charge in [-0.2, -0.15) is 13.2 Å². The first-order valence-corrected chi connectivity index (χ1v) is 14.3. The van der Waals surface area contributed by atoms with Crippen LogP contribution in [0.15, 0.2) is 52.0 Å². The van der Waals surface area contributed by atoms with Crippen molar-refractivity contribution < 1.29 is 17.6 Å². The van der Waals surface area contributed by atoms with E-state index in [9.17, 15) is 13.2 Å². The van der Waals surface area contributed by atoms with Gasteiger partial charge in [0.1, 0.15) is 11.9 Å². The molecule has 0 saturated carbocycles. The summed E-state index contributed by atoms with van der Waals surface area (Å²) in [6.45, 7) is 2.80. The van der Waals surface area contributed by atoms with Crippen molar-refractivity contribution in [2.24, 2.45) is 13.0 Å². The third kappa shape index (κ3) is 5.65. The second-order valence-corrected chi connectivity index (χ2v) is 11.4. The summed E-state index contributed by atoms with van der Waals surface area (Å²) >= 11 is 1.71. The quantitative estimate of drug-likeness (QED) is 0.166. The molecule has 0 radical (unpaired) electrons. The van der Waals surface area contributed by atoms with E-state index in [2.05, 4.69) is 37.6 Å². The SMILES string of the molecule is Cc1ccc2c(-c3nnc(SCCCC4CCc5cc6nc(CC(F)(F)F)oc6cc5NC4)n3C)cccc2n1. The molecule has 7 nitrogen and oxygen atoms in total. The number of halogens is 3. The Kier molecular flexibility index (Phi) is 7.16. The van der Waals surface area contributed by atoms with Gasteiger partial charge in [-0.05, 0) is 62.3 Å². The molecule has 3 aromatic heterocycles. The molecule has 0 fully saturated rings. The Morgan fingerprint density at radius 3 is 2.83 bits per heavy atom. The van der Waals surface area contributed by atoms with Crippen LogP contribution in [0.1, 0.15) is 36.4 Å². The van der Waals surface area contributed by atoms with Crippen LogP contribution in [0.4, 0.5) is 18.9 Å². The van der Waals surface area contributed by atoms with Crippen LogP contribution in [-0.4, -0.2) is 43.2 Å². The standard InChI is InChI=1S/C29H29F3N6OS/c1-17-8-11-20-21(6-3-7-22(20)34-17)27-36-37-28(38(27)2)40-12-4-5-18-9-10-19-13-24-25(14-23(19)33-16-18)39-26(35-24)15-29(30,31)32/h3,6-8,11,13-14,18,33H,4-5,9-10,12,15-16H2,1-2H3. The minimum Gasteiger partial charge on any atom is -0.440 e. The summed E-state index contributed by atoms with van der Waals surface area (Å²) < 4.78 is 45.6. The lowest BCUT2D eigenvalue weighted by Gasteiger charge is -2.14. The van der Waals surface area contributed by atoms with Gasteiger partial charge in [-0.15, -0.1) is 10.2 Å². The Morgan fingerprint density at radius 2 is 1.98 bits per heavy atom. The number of thioether (sulfide) groups is 1. The van der Waals surface area contributed by atoms with Gasteiger partial charge in [-0.1, -0.05) is 30.0 Å². The first-order valence-electron chi connectivity index (χ1n) is 13.4. The predicted octanol–water partition coefficient (Wildman–Crippen LogP) is 7.13. The first-order chi connectivity index (χ1) is 19.2. The number of oxazole rings is 1. The van der Waals surface area contributed by atoms with Crippen LogP contribution in [0, 0.1) is 12.8 Å². The lowest BCUT2D eigenvalue weighted by Crippen LogP contribution is -2.12. The number of alkyl halides is 3. The molecule has 5 aromatic rings. The van der Waals surface area contributed by atoms with Crippen molar-refractivity contribution in [2.75, 3.05) is 17.6 Å². The minimum atomic E-state index is -4.34. The third-order valence-electron chi connectivity index (χ3n) is 7.35. The molecule has 0 aliphatic carbocycles. The molecule has 1 N–H and O–H groups in total. The number of anilines is 1. The summed E-state index contributed by atoms with van der Waals surface area (Å²) in [5.74, 6) is 1.96. The average Bonchev–Trinajstić information content (AvgIpc) is 3.40. The van der Waals surface area contributed by atoms with Crippen LogP contribution >= 0.6 is 11.8 Å². The number of aryl methyl sites for hydroxylation is 2. The molecule has 1 aliphatic rings. The third-order valence-corrected chi connectivity index (χ3v) is 8.45. The van der Waals surface area contributed by atoms with E-state index in [4.69, 9.17) is 4.42 Å². The van der Waals surface area contributed by atoms with Gasteiger partial charge >= 0.3 is 6.18 Å². The summed E-state index contributed by atoms with van der Waals surface area (Å²) in [7, 11) is 2.00. The van der Waals surface area contributed by atoms with Crippen molar-refractivity contribution >= 4 is 39.5 Å². The fourth-order valence-electron chi connectivity index (χ4n) is 5.31. The summed E-state index contributed by atoms with van der Waals surface area (Å²) in [5.41, 5.74) is 5.81. The summed E-state index contributed by atoms with van der Waals surface area (Å²) in [6, 6.07) is 13.8. The monoisotopic (exact) mass is 566 g/mol. The van der Waals surface area contributed by atoms with Gasteiger partial charge in [0.15, 0.2) is 16.6 Å². The zero-order valence-corrected chi connectivity index (χ0v) is 23.1. The van der Waals surface area contributed by atoms with E-state index < -0.39 is 12.6 Å². The second kappa shape index (κ2) is 10.8. The van der Waals surface area contributed by atoms with Crippen molar-refractivity contribution in [2.45, 2.75) is 50.4 Å². The van der Waals surface area contributed by atoms with E-state index in [1.54, 1.807) is 17.8 Å². The Labute approximate surface area is 233 Å². The molecule has 1 aliphatic heterocycles. The molecule has 1 unspecified atom stereocenters. The zero-order valence-electron chi connectivity index (χ0n) is 22.3. The van der Waals surface area contributed by atoms with Crippen LogP contribution in [-0.2, 0) is 19.9 Å². The van der Waals surface area contributed by atoms with E-state index in [1.165, 1.54) is 0 Å². The number of fused-ring (bicyclic) bond motifs is 3. The molecule has 6 rings (SSSR count). The highest BCUT2D eigenvalue weighted by atomic mass is 32.2. The topological polar surface area (TPSA) is 81.7 Å². The second-order valence-electron chi connectivity index (χ2n) is 10.3. The zero-order chi connectivity index (χ0) is 27.9. The maximum Gasteiger partial charge on any atom is 0.397 e. The maximum atomic E-state index is 12.7. The van der Waals surface area contributed by atoms with Gasteiger partial charge in [0.2, 0.25) is 5.89 Å². The van der Waals surface area contributed by atoms with Crippen molar-refractivity contribution in [3.63, 3.8) is 0 Å². The van der Waals surface area contributed by atoms with Crippen LogP contribution in [0.3, 0.4) is 0 Å². The van der Waals surface area contributed by atoms with Gasteiger partial charge in [0, 0.05) is 47.7 Å². The molecule has 4 heterocycles. The summed E-state index contributed by atoms with van der Waals surface area (Å²) in [6.07, 6.45) is -1.54. The Balaban J connectivity index is 1.04. The highest BCUT2D eigenvalue weighted by Gasteiger charge is 2.31. The molecule has 0 amide bonds. The van der Waals surface area contributed by atoms with Gasteiger partial charge in [-0.3, -0.25) is 4.98 Å². The van der Waals surface area contributed by atoms with Crippen LogP contribution in [0.25, 0.3) is 33.4 Å². The molecule has 0 saturated heterocycles. The molecular weight excluding hydrogens is 537 g/mol. The van der Waals surface area contributed by atoms with Crippen molar-refractivity contribution in [1.29, 1.82) is 0 Å². The highest BCUT2D eigenvalue weighted by molar-refractivity contribution is 7.99. The van der Waals surface area contributed by atoms with E-state index in [0.29, 0.717) is 17.0 Å². The minimum absolute atomic E-state index is 0.294. The van der Waals surface area contributed by atoms with Gasteiger partial charge in [-0.25, -0.2) is 4.98 Å². The summed E-state index contributed by atoms with van der Waals surface area (Å²) in [5, 5.41) is 14.4. The number of benzene rings is 2. The number of nitrogens with zero attached hydrogens (tertiary/aromatic N) is 5. The van der Waals surface area contributed by atoms with Crippen molar-refractivity contribution in [3.05, 3.63) is 59.6 Å². The van der Waals surface area contributed by atoms with Gasteiger partial charge < -0.3 is 14.3 Å². The van der Waals surface area contributed by atoms with E-state index in [-0.39, 0.29) is 5.89 Å². The van der Waals surface area contributed by atoms with Crippen LogP contribution in [0.2, 0.25) is 0 Å². The normalized spacial score (nSPS) is 15.8. The first kappa shape index (κ1) is 26.6. The predicted molar refractivity (Wildman–Crippen MR) is 151 cm³/mol. The van der Waals surface area contributed by atoms with Gasteiger partial charge in [0.25, 0.3) is 0 Å². The fourth-order valence-corrected chi connectivity index (χ4v) is 6.18. The highest BCUT2D eigenvalue weighted by Crippen LogP contribution is 2.33. The maximum absolute atomic E-state index is 12.7. The van der Waals surface area contributed by atoms with Crippen molar-refractivity contribution in [1.82, 2.24) is 24.7 Å². The summed E-state index contributed by atoms with van der Waals surface area (Å²) in [4.78, 5) is 8.70. The molecule has 208 valence electrons. The Morgan fingerprint density at radius 1 is 1.10 bits per heavy atom. The Bertz CT molecular complexity index is 1630. The number of hydrogen-bond donors (Lipinski definition) is 1. The lowest BCUT2D eigenvalue weighted by molar-refractivity contribution is -0.130. The molecule has 0 bridgehead atoms. The molecule has 11 heteroatoms. The Hall–Kier alpha value is -3.60. The van der Waals surface area contributed by atoms with Crippen LogP contribution < -0.4 is 5.32 Å².